The number of rotatable bonds is 5. The fraction of sp³-hybridized carbons (Fsp3) is 0.591. The van der Waals surface area contributed by atoms with Gasteiger partial charge >= 0.3 is 12.0 Å². The number of hydrogen-bond acceptors (Lipinski definition) is 3. The number of carboxylic acid groups (broad SMARTS) is 1. The van der Waals surface area contributed by atoms with Crippen LogP contribution in [0.4, 0.5) is 4.79 Å². The highest BCUT2D eigenvalue weighted by Gasteiger charge is 2.58. The van der Waals surface area contributed by atoms with Crippen LogP contribution in [0.3, 0.4) is 0 Å². The van der Waals surface area contributed by atoms with Gasteiger partial charge in [0.2, 0.25) is 5.91 Å². The van der Waals surface area contributed by atoms with Crippen molar-refractivity contribution in [2.75, 3.05) is 13.1 Å². The Labute approximate surface area is 170 Å². The van der Waals surface area contributed by atoms with Crippen molar-refractivity contribution in [3.63, 3.8) is 0 Å². The Morgan fingerprint density at radius 2 is 1.79 bits per heavy atom. The molecule has 156 valence electrons. The van der Waals surface area contributed by atoms with Crippen molar-refractivity contribution in [3.05, 3.63) is 35.9 Å². The lowest BCUT2D eigenvalue weighted by atomic mass is 9.81. The van der Waals surface area contributed by atoms with E-state index < -0.39 is 16.9 Å². The van der Waals surface area contributed by atoms with E-state index in [0.717, 1.165) is 31.2 Å². The average molecular weight is 399 g/mol. The van der Waals surface area contributed by atoms with Gasteiger partial charge < -0.3 is 20.6 Å². The number of nitrogens with zero attached hydrogens (tertiary/aromatic N) is 1. The van der Waals surface area contributed by atoms with Crippen molar-refractivity contribution in [2.45, 2.75) is 57.0 Å². The molecule has 1 heterocycles. The van der Waals surface area contributed by atoms with Gasteiger partial charge in [0.25, 0.3) is 0 Å². The van der Waals surface area contributed by atoms with E-state index in [4.69, 9.17) is 0 Å². The van der Waals surface area contributed by atoms with E-state index in [1.54, 1.807) is 4.90 Å². The molecule has 1 aromatic rings. The molecule has 0 radical (unpaired) electrons. The molecule has 7 nitrogen and oxygen atoms in total. The fourth-order valence-corrected chi connectivity index (χ4v) is 5.51. The summed E-state index contributed by atoms with van der Waals surface area (Å²) in [5.41, 5.74) is -0.727. The topological polar surface area (TPSA) is 98.7 Å². The van der Waals surface area contributed by atoms with Gasteiger partial charge in [0, 0.05) is 19.6 Å². The van der Waals surface area contributed by atoms with Gasteiger partial charge in [-0.2, -0.15) is 0 Å². The first-order chi connectivity index (χ1) is 14.0. The molecule has 2 atom stereocenters. The molecule has 0 bridgehead atoms. The van der Waals surface area contributed by atoms with Crippen LogP contribution in [0.1, 0.15) is 50.5 Å². The first-order valence-corrected chi connectivity index (χ1v) is 10.6. The molecule has 0 aromatic heterocycles. The molecule has 0 unspecified atom stereocenters. The first-order valence-electron chi connectivity index (χ1n) is 10.6. The van der Waals surface area contributed by atoms with E-state index in [2.05, 4.69) is 10.6 Å². The first kappa shape index (κ1) is 19.7. The third-order valence-corrected chi connectivity index (χ3v) is 7.10. The van der Waals surface area contributed by atoms with E-state index in [-0.39, 0.29) is 24.4 Å². The normalized spacial score (nSPS) is 27.4. The molecule has 4 rings (SSSR count). The lowest BCUT2D eigenvalue weighted by Gasteiger charge is -2.34. The van der Waals surface area contributed by atoms with Gasteiger partial charge in [-0.25, -0.2) is 4.79 Å². The minimum Gasteiger partial charge on any atom is -0.481 e. The molecule has 2 aliphatic carbocycles. The van der Waals surface area contributed by atoms with Crippen molar-refractivity contribution in [1.29, 1.82) is 0 Å². The number of likely N-dealkylation sites (tertiary alicyclic amines) is 1. The summed E-state index contributed by atoms with van der Waals surface area (Å²) in [5, 5.41) is 15.6. The van der Waals surface area contributed by atoms with Crippen LogP contribution >= 0.6 is 0 Å². The van der Waals surface area contributed by atoms with Crippen molar-refractivity contribution in [1.82, 2.24) is 15.5 Å². The quantitative estimate of drug-likeness (QED) is 0.708. The molecule has 1 aromatic carbocycles. The van der Waals surface area contributed by atoms with Crippen molar-refractivity contribution in [2.24, 2.45) is 11.3 Å². The molecule has 1 aliphatic heterocycles. The summed E-state index contributed by atoms with van der Waals surface area (Å²) in [5.74, 6) is -0.876. The van der Waals surface area contributed by atoms with Gasteiger partial charge in [-0.1, -0.05) is 49.6 Å². The molecule has 3 aliphatic rings. The van der Waals surface area contributed by atoms with Gasteiger partial charge in [0.15, 0.2) is 0 Å². The number of urea groups is 1. The van der Waals surface area contributed by atoms with Crippen molar-refractivity contribution >= 4 is 17.9 Å². The number of benzene rings is 1. The Bertz CT molecular complexity index is 791. The summed E-state index contributed by atoms with van der Waals surface area (Å²) in [4.78, 5) is 39.7. The molecule has 0 spiro atoms. The SMILES string of the molecule is O=C(NCc1ccccc1)NC1(C(=O)N2C[C@@H]3CCC[C@@]3(C(=O)O)C2)CCCC1. The van der Waals surface area contributed by atoms with Crippen LogP contribution in [0.2, 0.25) is 0 Å². The fourth-order valence-electron chi connectivity index (χ4n) is 5.51. The highest BCUT2D eigenvalue weighted by atomic mass is 16.4. The summed E-state index contributed by atoms with van der Waals surface area (Å²) in [6, 6.07) is 9.27. The minimum absolute atomic E-state index is 0.0225. The molecule has 3 amide bonds. The molecule has 1 saturated heterocycles. The Balaban J connectivity index is 1.43. The molecular formula is C22H29N3O4. The maximum atomic E-state index is 13.5. The van der Waals surface area contributed by atoms with Gasteiger partial charge in [-0.15, -0.1) is 0 Å². The lowest BCUT2D eigenvalue weighted by molar-refractivity contribution is -0.150. The van der Waals surface area contributed by atoms with Crippen LogP contribution in [0, 0.1) is 11.3 Å². The second-order valence-electron chi connectivity index (χ2n) is 8.82. The maximum Gasteiger partial charge on any atom is 0.315 e. The highest BCUT2D eigenvalue weighted by Crippen LogP contribution is 2.49. The molecule has 3 N–H and O–H groups in total. The van der Waals surface area contributed by atoms with Gasteiger partial charge in [-0.3, -0.25) is 9.59 Å². The number of nitrogens with one attached hydrogen (secondary N) is 2. The van der Waals surface area contributed by atoms with E-state index in [1.165, 1.54) is 0 Å². The summed E-state index contributed by atoms with van der Waals surface area (Å²) in [6.07, 6.45) is 5.36. The van der Waals surface area contributed by atoms with Crippen molar-refractivity contribution < 1.29 is 19.5 Å². The number of amides is 3. The lowest BCUT2D eigenvalue weighted by Crippen LogP contribution is -2.60. The van der Waals surface area contributed by atoms with Crippen LogP contribution in [0.25, 0.3) is 0 Å². The van der Waals surface area contributed by atoms with Crippen LogP contribution in [-0.2, 0) is 16.1 Å². The summed E-state index contributed by atoms with van der Waals surface area (Å²) < 4.78 is 0. The molecular weight excluding hydrogens is 370 g/mol. The van der Waals surface area contributed by atoms with E-state index in [0.29, 0.717) is 32.4 Å². The standard InChI is InChI=1S/C22H29N3O4/c26-18(25-14-17-9-6-10-21(17,15-25)19(27)28)22(11-4-5-12-22)24-20(29)23-13-16-7-2-1-3-8-16/h1-3,7-8,17H,4-6,9-15H2,(H,27,28)(H2,23,24,29)/t17-,21+/m0/s1. The Hall–Kier alpha value is -2.57. The van der Waals surface area contributed by atoms with E-state index >= 15 is 0 Å². The summed E-state index contributed by atoms with van der Waals surface area (Å²) >= 11 is 0. The Kier molecular flexibility index (Phi) is 5.23. The predicted molar refractivity (Wildman–Crippen MR) is 107 cm³/mol. The Morgan fingerprint density at radius 3 is 2.45 bits per heavy atom. The van der Waals surface area contributed by atoms with Gasteiger partial charge in [0.05, 0.1) is 5.41 Å². The number of hydrogen-bond donors (Lipinski definition) is 3. The minimum atomic E-state index is -0.918. The number of fused-ring (bicyclic) bond motifs is 1. The van der Waals surface area contributed by atoms with Crippen LogP contribution in [-0.4, -0.2) is 46.5 Å². The zero-order chi connectivity index (χ0) is 20.5. The van der Waals surface area contributed by atoms with E-state index in [1.807, 2.05) is 30.3 Å². The number of carbonyl (C=O) groups excluding carboxylic acids is 2. The number of carboxylic acids is 1. The van der Waals surface area contributed by atoms with Gasteiger partial charge in [-0.05, 0) is 37.2 Å². The predicted octanol–water partition coefficient (Wildman–Crippen LogP) is 2.51. The summed E-state index contributed by atoms with van der Waals surface area (Å²) in [6.45, 7) is 1.14. The second-order valence-corrected chi connectivity index (χ2v) is 8.82. The van der Waals surface area contributed by atoms with Gasteiger partial charge in [0.1, 0.15) is 5.54 Å². The van der Waals surface area contributed by atoms with Crippen LogP contribution < -0.4 is 10.6 Å². The zero-order valence-electron chi connectivity index (χ0n) is 16.7. The zero-order valence-corrected chi connectivity index (χ0v) is 16.7. The molecule has 3 fully saturated rings. The number of carbonyl (C=O) groups is 3. The largest absolute Gasteiger partial charge is 0.481 e. The van der Waals surface area contributed by atoms with Crippen molar-refractivity contribution in [3.8, 4) is 0 Å². The average Bonchev–Trinajstić information content (AvgIpc) is 3.41. The van der Waals surface area contributed by atoms with Crippen LogP contribution in [0.15, 0.2) is 30.3 Å². The number of aliphatic carboxylic acids is 1. The second kappa shape index (κ2) is 7.69. The Morgan fingerprint density at radius 1 is 1.07 bits per heavy atom. The smallest absolute Gasteiger partial charge is 0.315 e. The van der Waals surface area contributed by atoms with E-state index in [9.17, 15) is 19.5 Å². The molecule has 7 heteroatoms. The third-order valence-electron chi connectivity index (χ3n) is 7.10. The maximum absolute atomic E-state index is 13.5. The molecule has 2 saturated carbocycles. The monoisotopic (exact) mass is 399 g/mol. The molecule has 29 heavy (non-hydrogen) atoms. The highest BCUT2D eigenvalue weighted by molar-refractivity contribution is 5.92. The summed E-state index contributed by atoms with van der Waals surface area (Å²) in [7, 11) is 0. The third kappa shape index (κ3) is 3.58. The van der Waals surface area contributed by atoms with Crippen LogP contribution in [0.5, 0.6) is 0 Å².